The number of carboxylic acid groups (broad SMARTS) is 1. The first-order valence-electron chi connectivity index (χ1n) is 7.25. The molecule has 4 heteroatoms. The summed E-state index contributed by atoms with van der Waals surface area (Å²) in [5.41, 5.74) is 0. The predicted molar refractivity (Wildman–Crippen MR) is 71.6 cm³/mol. The van der Waals surface area contributed by atoms with Crippen LogP contribution in [0, 0.1) is 5.92 Å². The molecule has 2 aliphatic carbocycles. The van der Waals surface area contributed by atoms with Crippen LogP contribution in [0.2, 0.25) is 0 Å². The van der Waals surface area contributed by atoms with Gasteiger partial charge in [-0.1, -0.05) is 19.8 Å². The minimum absolute atomic E-state index is 0.403. The number of hydrogen-bond donors (Lipinski definition) is 2. The molecule has 0 aromatic carbocycles. The van der Waals surface area contributed by atoms with E-state index in [4.69, 9.17) is 0 Å². The highest BCUT2D eigenvalue weighted by Crippen LogP contribution is 2.27. The van der Waals surface area contributed by atoms with Gasteiger partial charge >= 0.3 is 5.97 Å². The number of carboxylic acids is 1. The lowest BCUT2D eigenvalue weighted by atomic mass is 9.86. The molecule has 0 amide bonds. The van der Waals surface area contributed by atoms with Crippen LogP contribution >= 0.6 is 0 Å². The summed E-state index contributed by atoms with van der Waals surface area (Å²) < 4.78 is 0. The van der Waals surface area contributed by atoms with Gasteiger partial charge in [0.05, 0.1) is 0 Å². The number of nitrogens with zero attached hydrogens (tertiary/aromatic N) is 1. The van der Waals surface area contributed by atoms with E-state index in [1.165, 1.54) is 25.7 Å². The summed E-state index contributed by atoms with van der Waals surface area (Å²) in [6.45, 7) is 2.93. The van der Waals surface area contributed by atoms with E-state index >= 15 is 0 Å². The van der Waals surface area contributed by atoms with Crippen LogP contribution in [0.4, 0.5) is 0 Å². The summed E-state index contributed by atoms with van der Waals surface area (Å²) in [4.78, 5) is 13.5. The molecule has 0 aromatic rings. The first kappa shape index (κ1) is 13.8. The van der Waals surface area contributed by atoms with E-state index in [1.807, 2.05) is 0 Å². The summed E-state index contributed by atoms with van der Waals surface area (Å²) in [5.74, 6) is 0.0727. The number of nitrogens with one attached hydrogen (secondary N) is 1. The van der Waals surface area contributed by atoms with Crippen LogP contribution in [0.5, 0.6) is 0 Å². The quantitative estimate of drug-likeness (QED) is 0.757. The maximum absolute atomic E-state index is 11.3. The van der Waals surface area contributed by atoms with Crippen LogP contribution < -0.4 is 5.32 Å². The van der Waals surface area contributed by atoms with Crippen molar-refractivity contribution in [3.05, 3.63) is 0 Å². The molecular formula is C14H26N2O2. The van der Waals surface area contributed by atoms with E-state index in [-0.39, 0.29) is 0 Å². The molecule has 2 N–H and O–H groups in total. The van der Waals surface area contributed by atoms with E-state index in [0.717, 1.165) is 18.8 Å². The van der Waals surface area contributed by atoms with E-state index in [2.05, 4.69) is 24.2 Å². The predicted octanol–water partition coefficient (Wildman–Crippen LogP) is 1.70. The standard InChI is InChI=1S/C14H26N2O2/c1-10-4-3-5-12(8-10)16(2)9-13(14(17)18)15-11-6-7-11/h10-13,15H,3-9H2,1-2H3,(H,17,18). The molecule has 2 rings (SSSR count). The maximum atomic E-state index is 11.3. The van der Waals surface area contributed by atoms with E-state index < -0.39 is 12.0 Å². The molecule has 2 saturated carbocycles. The fourth-order valence-electron chi connectivity index (χ4n) is 2.98. The van der Waals surface area contributed by atoms with Crippen LogP contribution in [-0.4, -0.2) is 47.7 Å². The molecule has 4 nitrogen and oxygen atoms in total. The number of carbonyl (C=O) groups is 1. The monoisotopic (exact) mass is 254 g/mol. The number of aliphatic carboxylic acids is 1. The zero-order valence-electron chi connectivity index (χ0n) is 11.6. The molecule has 104 valence electrons. The third kappa shape index (κ3) is 3.95. The van der Waals surface area contributed by atoms with Crippen molar-refractivity contribution in [2.75, 3.05) is 13.6 Å². The lowest BCUT2D eigenvalue weighted by molar-refractivity contribution is -0.140. The smallest absolute Gasteiger partial charge is 0.322 e. The Balaban J connectivity index is 1.82. The molecule has 18 heavy (non-hydrogen) atoms. The van der Waals surface area contributed by atoms with E-state index in [1.54, 1.807) is 0 Å². The molecule has 0 spiro atoms. The molecule has 0 bridgehead atoms. The third-order valence-electron chi connectivity index (χ3n) is 4.31. The van der Waals surface area contributed by atoms with Crippen molar-refractivity contribution in [2.45, 2.75) is 63.6 Å². The Labute approximate surface area is 110 Å². The largest absolute Gasteiger partial charge is 0.480 e. The fraction of sp³-hybridized carbons (Fsp3) is 0.929. The van der Waals surface area contributed by atoms with E-state index in [0.29, 0.717) is 18.6 Å². The Morgan fingerprint density at radius 1 is 1.39 bits per heavy atom. The zero-order valence-corrected chi connectivity index (χ0v) is 11.6. The van der Waals surface area contributed by atoms with Gasteiger partial charge in [0.2, 0.25) is 0 Å². The lowest BCUT2D eigenvalue weighted by Crippen LogP contribution is -2.49. The second kappa shape index (κ2) is 6.02. The van der Waals surface area contributed by atoms with Crippen LogP contribution in [0.1, 0.15) is 45.4 Å². The molecule has 0 aliphatic heterocycles. The van der Waals surface area contributed by atoms with Gasteiger partial charge in [-0.25, -0.2) is 0 Å². The van der Waals surface area contributed by atoms with Crippen molar-refractivity contribution in [1.29, 1.82) is 0 Å². The minimum Gasteiger partial charge on any atom is -0.480 e. The Bertz CT molecular complexity index is 292. The van der Waals surface area contributed by atoms with Crippen LogP contribution in [0.3, 0.4) is 0 Å². The molecule has 0 saturated heterocycles. The summed E-state index contributed by atoms with van der Waals surface area (Å²) >= 11 is 0. The SMILES string of the molecule is CC1CCCC(N(C)CC(NC2CC2)C(=O)O)C1. The third-order valence-corrected chi connectivity index (χ3v) is 4.31. The van der Waals surface area contributed by atoms with Crippen LogP contribution in [-0.2, 0) is 4.79 Å². The van der Waals surface area contributed by atoms with Gasteiger partial charge in [-0.2, -0.15) is 0 Å². The highest BCUT2D eigenvalue weighted by molar-refractivity contribution is 5.73. The topological polar surface area (TPSA) is 52.6 Å². The summed E-state index contributed by atoms with van der Waals surface area (Å²) in [7, 11) is 2.08. The van der Waals surface area contributed by atoms with Crippen LogP contribution in [0.15, 0.2) is 0 Å². The normalized spacial score (nSPS) is 30.4. The molecule has 3 unspecified atom stereocenters. The number of rotatable bonds is 6. The molecule has 0 heterocycles. The van der Waals surface area contributed by atoms with Crippen molar-refractivity contribution >= 4 is 5.97 Å². The summed E-state index contributed by atoms with van der Waals surface area (Å²) in [6, 6.07) is 0.612. The highest BCUT2D eigenvalue weighted by Gasteiger charge is 2.31. The van der Waals surface area contributed by atoms with Gasteiger partial charge in [0.15, 0.2) is 0 Å². The number of hydrogen-bond acceptors (Lipinski definition) is 3. The molecule has 2 fully saturated rings. The average Bonchev–Trinajstić information content (AvgIpc) is 3.12. The molecular weight excluding hydrogens is 228 g/mol. The maximum Gasteiger partial charge on any atom is 0.322 e. The van der Waals surface area contributed by atoms with Gasteiger partial charge in [-0.05, 0) is 38.6 Å². The van der Waals surface area contributed by atoms with Gasteiger partial charge in [0.25, 0.3) is 0 Å². The average molecular weight is 254 g/mol. The van der Waals surface area contributed by atoms with E-state index in [9.17, 15) is 9.90 Å². The van der Waals surface area contributed by atoms with Crippen molar-refractivity contribution in [3.63, 3.8) is 0 Å². The molecule has 0 aromatic heterocycles. The molecule has 2 aliphatic rings. The number of likely N-dealkylation sites (N-methyl/N-ethyl adjacent to an activating group) is 1. The Morgan fingerprint density at radius 3 is 2.67 bits per heavy atom. The van der Waals surface area contributed by atoms with Crippen molar-refractivity contribution in [1.82, 2.24) is 10.2 Å². The Kier molecular flexibility index (Phi) is 4.62. The Hall–Kier alpha value is -0.610. The summed E-state index contributed by atoms with van der Waals surface area (Å²) in [5, 5.41) is 12.5. The second-order valence-electron chi connectivity index (χ2n) is 6.20. The molecule has 3 atom stereocenters. The van der Waals surface area contributed by atoms with Gasteiger partial charge < -0.3 is 15.3 Å². The first-order valence-corrected chi connectivity index (χ1v) is 7.25. The second-order valence-corrected chi connectivity index (χ2v) is 6.20. The zero-order chi connectivity index (χ0) is 13.1. The minimum atomic E-state index is -0.711. The molecule has 0 radical (unpaired) electrons. The van der Waals surface area contributed by atoms with Gasteiger partial charge in [0, 0.05) is 18.6 Å². The highest BCUT2D eigenvalue weighted by atomic mass is 16.4. The van der Waals surface area contributed by atoms with Crippen molar-refractivity contribution < 1.29 is 9.90 Å². The lowest BCUT2D eigenvalue weighted by Gasteiger charge is -2.35. The fourth-order valence-corrected chi connectivity index (χ4v) is 2.98. The van der Waals surface area contributed by atoms with Crippen LogP contribution in [0.25, 0.3) is 0 Å². The Morgan fingerprint density at radius 2 is 2.11 bits per heavy atom. The summed E-state index contributed by atoms with van der Waals surface area (Å²) in [6.07, 6.45) is 7.31. The van der Waals surface area contributed by atoms with Crippen molar-refractivity contribution in [2.24, 2.45) is 5.92 Å². The van der Waals surface area contributed by atoms with Crippen molar-refractivity contribution in [3.8, 4) is 0 Å². The van der Waals surface area contributed by atoms with Gasteiger partial charge in [0.1, 0.15) is 6.04 Å². The van der Waals surface area contributed by atoms with Gasteiger partial charge in [-0.15, -0.1) is 0 Å². The first-order chi connectivity index (χ1) is 8.56. The van der Waals surface area contributed by atoms with Gasteiger partial charge in [-0.3, -0.25) is 4.79 Å².